The highest BCUT2D eigenvalue weighted by Crippen LogP contribution is 2.26. The van der Waals surface area contributed by atoms with Gasteiger partial charge in [-0.3, -0.25) is 28.2 Å². The second-order valence-electron chi connectivity index (χ2n) is 5.54. The average molecular weight is 387 g/mol. The van der Waals surface area contributed by atoms with Crippen molar-refractivity contribution >= 4 is 34.6 Å². The molecule has 1 aromatic rings. The summed E-state index contributed by atoms with van der Waals surface area (Å²) >= 11 is -2.71. The van der Waals surface area contributed by atoms with Gasteiger partial charge in [-0.05, 0) is 37.8 Å². The van der Waals surface area contributed by atoms with Crippen LogP contribution in [0.4, 0.5) is 11.4 Å². The summed E-state index contributed by atoms with van der Waals surface area (Å²) in [5.74, 6) is -2.03. The van der Waals surface area contributed by atoms with Crippen molar-refractivity contribution in [3.05, 3.63) is 34.4 Å². The zero-order valence-electron chi connectivity index (χ0n) is 13.8. The van der Waals surface area contributed by atoms with Crippen LogP contribution in [0.3, 0.4) is 0 Å². The summed E-state index contributed by atoms with van der Waals surface area (Å²) in [4.78, 5) is 31.5. The number of aliphatic carboxylic acids is 2. The fraction of sp³-hybridized carbons (Fsp3) is 0.467. The van der Waals surface area contributed by atoms with Crippen LogP contribution < -0.4 is 4.31 Å². The minimum atomic E-state index is -2.71. The summed E-state index contributed by atoms with van der Waals surface area (Å²) in [5, 5.41) is 28.2. The monoisotopic (exact) mass is 387 g/mol. The molecule has 26 heavy (non-hydrogen) atoms. The number of non-ortho nitro benzene ring substituents is 1. The van der Waals surface area contributed by atoms with E-state index < -0.39 is 34.2 Å². The second kappa shape index (κ2) is 10.5. The van der Waals surface area contributed by atoms with Crippen LogP contribution in [0, 0.1) is 10.1 Å². The predicted molar refractivity (Wildman–Crippen MR) is 91.3 cm³/mol. The number of nitrogens with zero attached hydrogens (tertiary/aromatic N) is 2. The Labute approximate surface area is 152 Å². The molecule has 1 unspecified atom stereocenters. The minimum absolute atomic E-state index is 0.144. The van der Waals surface area contributed by atoms with Crippen LogP contribution in [0.1, 0.15) is 38.5 Å². The quantitative estimate of drug-likeness (QED) is 0.313. The van der Waals surface area contributed by atoms with Gasteiger partial charge in [0.25, 0.3) is 5.69 Å². The molecule has 0 saturated carbocycles. The molecule has 0 heterocycles. The normalized spacial score (nSPS) is 11.9. The van der Waals surface area contributed by atoms with Gasteiger partial charge in [0, 0.05) is 48.0 Å². The Morgan fingerprint density at radius 3 is 1.88 bits per heavy atom. The van der Waals surface area contributed by atoms with Gasteiger partial charge in [-0.25, -0.2) is 0 Å². The largest absolute Gasteiger partial charge is 0.755 e. The molecule has 0 spiro atoms. The van der Waals surface area contributed by atoms with E-state index in [2.05, 4.69) is 0 Å². The maximum atomic E-state index is 11.7. The number of nitro benzene ring substituents is 1. The first-order valence-corrected chi connectivity index (χ1v) is 8.82. The van der Waals surface area contributed by atoms with Crippen molar-refractivity contribution in [2.24, 2.45) is 0 Å². The van der Waals surface area contributed by atoms with Gasteiger partial charge >= 0.3 is 11.9 Å². The molecule has 0 amide bonds. The molecule has 1 rings (SSSR count). The lowest BCUT2D eigenvalue weighted by atomic mass is 10.0. The fourth-order valence-electron chi connectivity index (χ4n) is 2.50. The van der Waals surface area contributed by atoms with Crippen LogP contribution in [0.25, 0.3) is 0 Å². The molecule has 0 aromatic heterocycles. The predicted octanol–water partition coefficient (Wildman–Crippen LogP) is 2.07. The van der Waals surface area contributed by atoms with Crippen LogP contribution in [0.5, 0.6) is 0 Å². The highest BCUT2D eigenvalue weighted by Gasteiger charge is 2.21. The zero-order chi connectivity index (χ0) is 19.7. The number of hydrogen-bond acceptors (Lipinski definition) is 6. The van der Waals surface area contributed by atoms with Crippen molar-refractivity contribution in [1.29, 1.82) is 0 Å². The van der Waals surface area contributed by atoms with Gasteiger partial charge < -0.3 is 14.8 Å². The van der Waals surface area contributed by atoms with Crippen molar-refractivity contribution in [3.8, 4) is 0 Å². The maximum absolute atomic E-state index is 11.7. The van der Waals surface area contributed by atoms with Gasteiger partial charge in [-0.15, -0.1) is 0 Å². The lowest BCUT2D eigenvalue weighted by Crippen LogP contribution is -2.37. The Morgan fingerprint density at radius 2 is 1.54 bits per heavy atom. The molecule has 0 fully saturated rings. The number of benzene rings is 1. The molecule has 1 atom stereocenters. The summed E-state index contributed by atoms with van der Waals surface area (Å²) in [6, 6.07) is 4.26. The standard InChI is InChI=1S/C15H20N2O8S/c18-14(19)5-1-3-11(4-2-6-15(20)21)16(26(24)25)12-7-9-13(10-8-12)17(22)23/h7-11H,1-6H2,(H,18,19)(H,20,21)(H,24,25)/p-1. The van der Waals surface area contributed by atoms with E-state index in [0.717, 1.165) is 4.31 Å². The van der Waals surface area contributed by atoms with Gasteiger partial charge in [0.1, 0.15) is 0 Å². The molecule has 0 aliphatic heterocycles. The van der Waals surface area contributed by atoms with Crippen LogP contribution in [-0.4, -0.2) is 41.9 Å². The maximum Gasteiger partial charge on any atom is 0.303 e. The van der Waals surface area contributed by atoms with E-state index >= 15 is 0 Å². The molecular formula is C15H19N2O8S-. The Kier molecular flexibility index (Phi) is 8.65. The van der Waals surface area contributed by atoms with E-state index in [0.29, 0.717) is 0 Å². The van der Waals surface area contributed by atoms with Gasteiger partial charge in [-0.1, -0.05) is 0 Å². The summed E-state index contributed by atoms with van der Waals surface area (Å²) in [6.45, 7) is 0. The molecule has 10 nitrogen and oxygen atoms in total. The second-order valence-corrected chi connectivity index (χ2v) is 6.37. The van der Waals surface area contributed by atoms with E-state index in [4.69, 9.17) is 10.2 Å². The third-order valence-corrected chi connectivity index (χ3v) is 4.49. The number of carbonyl (C=O) groups is 2. The Morgan fingerprint density at radius 1 is 1.08 bits per heavy atom. The molecule has 11 heteroatoms. The minimum Gasteiger partial charge on any atom is -0.755 e. The van der Waals surface area contributed by atoms with Crippen molar-refractivity contribution in [2.45, 2.75) is 44.6 Å². The number of carboxylic acid groups (broad SMARTS) is 2. The fourth-order valence-corrected chi connectivity index (χ4v) is 3.24. The number of anilines is 1. The molecular weight excluding hydrogens is 368 g/mol. The summed E-state index contributed by atoms with van der Waals surface area (Å²) in [5.41, 5.74) is -0.00160. The van der Waals surface area contributed by atoms with Gasteiger partial charge in [0.05, 0.1) is 4.92 Å². The molecule has 1 aromatic carbocycles. The van der Waals surface area contributed by atoms with Crippen molar-refractivity contribution in [3.63, 3.8) is 0 Å². The number of nitro groups is 1. The smallest absolute Gasteiger partial charge is 0.303 e. The van der Waals surface area contributed by atoms with Crippen LogP contribution in [0.2, 0.25) is 0 Å². The molecule has 0 aliphatic rings. The van der Waals surface area contributed by atoms with Crippen LogP contribution >= 0.6 is 0 Å². The lowest BCUT2D eigenvalue weighted by molar-refractivity contribution is -0.384. The average Bonchev–Trinajstić information content (AvgIpc) is 2.54. The highest BCUT2D eigenvalue weighted by molar-refractivity contribution is 7.80. The number of hydrogen-bond donors (Lipinski definition) is 2. The van der Waals surface area contributed by atoms with Crippen LogP contribution in [-0.2, 0) is 20.9 Å². The first kappa shape index (κ1) is 21.5. The van der Waals surface area contributed by atoms with Crippen molar-refractivity contribution in [2.75, 3.05) is 4.31 Å². The van der Waals surface area contributed by atoms with Gasteiger partial charge in [0.15, 0.2) is 0 Å². The van der Waals surface area contributed by atoms with Crippen LogP contribution in [0.15, 0.2) is 24.3 Å². The number of rotatable bonds is 12. The van der Waals surface area contributed by atoms with Gasteiger partial charge in [-0.2, -0.15) is 0 Å². The lowest BCUT2D eigenvalue weighted by Gasteiger charge is -2.34. The van der Waals surface area contributed by atoms with E-state index in [9.17, 15) is 28.5 Å². The summed E-state index contributed by atoms with van der Waals surface area (Å²) in [7, 11) is 0. The third kappa shape index (κ3) is 7.15. The van der Waals surface area contributed by atoms with E-state index in [1.54, 1.807) is 0 Å². The topological polar surface area (TPSA) is 161 Å². The first-order valence-electron chi connectivity index (χ1n) is 7.79. The van der Waals surface area contributed by atoms with Gasteiger partial charge in [0.2, 0.25) is 0 Å². The van der Waals surface area contributed by atoms with Crippen molar-refractivity contribution in [1.82, 2.24) is 0 Å². The molecule has 0 radical (unpaired) electrons. The van der Waals surface area contributed by atoms with E-state index in [1.807, 2.05) is 0 Å². The molecule has 144 valence electrons. The highest BCUT2D eigenvalue weighted by atomic mass is 32.2. The number of carboxylic acids is 2. The molecule has 0 saturated heterocycles. The Bertz CT molecular complexity index is 644. The van der Waals surface area contributed by atoms with E-state index in [1.165, 1.54) is 24.3 Å². The molecule has 0 bridgehead atoms. The van der Waals surface area contributed by atoms with E-state index in [-0.39, 0.29) is 49.9 Å². The molecule has 0 aliphatic carbocycles. The summed E-state index contributed by atoms with van der Waals surface area (Å²) in [6.07, 6.45) is 0.583. The Balaban J connectivity index is 2.99. The summed E-state index contributed by atoms with van der Waals surface area (Å²) < 4.78 is 24.4. The Hall–Kier alpha value is -2.53. The third-order valence-electron chi connectivity index (χ3n) is 3.66. The first-order chi connectivity index (χ1) is 12.2. The SMILES string of the molecule is O=C(O)CCCC(CCCC(=O)O)N(c1ccc([N+](=O)[O-])cc1)S(=O)[O-]. The zero-order valence-corrected chi connectivity index (χ0v) is 14.6. The van der Waals surface area contributed by atoms with Crippen molar-refractivity contribution < 1.29 is 33.5 Å². The molecule has 2 N–H and O–H groups in total.